The van der Waals surface area contributed by atoms with Gasteiger partial charge in [0.05, 0.1) is 0 Å². The maximum Gasteiger partial charge on any atom is 0.198 e. The number of carbonyl (C=O) groups excluding carboxylic acids is 1. The molecule has 0 bridgehead atoms. The molecule has 0 unspecified atom stereocenters. The first-order valence-corrected chi connectivity index (χ1v) is 5.22. The van der Waals surface area contributed by atoms with Crippen LogP contribution in [0.1, 0.15) is 28.6 Å². The van der Waals surface area contributed by atoms with Crippen LogP contribution in [0.25, 0.3) is 0 Å². The molecule has 0 amide bonds. The summed E-state index contributed by atoms with van der Waals surface area (Å²) in [6, 6.07) is 3.52. The summed E-state index contributed by atoms with van der Waals surface area (Å²) in [4.78, 5) is 15.9. The topological polar surface area (TPSA) is 48.0 Å². The molecule has 0 aliphatic carbocycles. The van der Waals surface area contributed by atoms with Gasteiger partial charge in [-0.25, -0.2) is 4.98 Å². The molecule has 0 atom stereocenters. The van der Waals surface area contributed by atoms with E-state index in [0.29, 0.717) is 18.6 Å². The van der Waals surface area contributed by atoms with Crippen LogP contribution in [-0.4, -0.2) is 15.3 Å². The first-order valence-electron chi connectivity index (χ1n) is 5.22. The Morgan fingerprint density at radius 1 is 1.50 bits per heavy atom. The molecule has 2 aromatic rings. The number of aromatic nitrogens is 2. The smallest absolute Gasteiger partial charge is 0.198 e. The van der Waals surface area contributed by atoms with Crippen LogP contribution in [0.5, 0.6) is 0 Å². The second-order valence-electron chi connectivity index (χ2n) is 3.79. The second-order valence-corrected chi connectivity index (χ2v) is 3.79. The van der Waals surface area contributed by atoms with Gasteiger partial charge in [-0.1, -0.05) is 0 Å². The minimum Gasteiger partial charge on any atom is -0.458 e. The van der Waals surface area contributed by atoms with Crippen molar-refractivity contribution in [1.82, 2.24) is 9.55 Å². The van der Waals surface area contributed by atoms with Gasteiger partial charge in [0.25, 0.3) is 0 Å². The number of hydrogen-bond donors (Lipinski definition) is 0. The highest BCUT2D eigenvalue weighted by atomic mass is 16.3. The average molecular weight is 218 g/mol. The van der Waals surface area contributed by atoms with Gasteiger partial charge < -0.3 is 8.98 Å². The summed E-state index contributed by atoms with van der Waals surface area (Å²) in [5.41, 5.74) is 0. The Bertz CT molecular complexity index is 497. The summed E-state index contributed by atoms with van der Waals surface area (Å²) < 4.78 is 7.19. The maximum absolute atomic E-state index is 11.7. The molecule has 0 N–H and O–H groups in total. The number of Topliss-reactive ketones (excluding diaryl/α,β-unsaturated/α-hetero) is 1. The monoisotopic (exact) mass is 218 g/mol. The van der Waals surface area contributed by atoms with Gasteiger partial charge in [0, 0.05) is 32.3 Å². The third kappa shape index (κ3) is 2.21. The first-order chi connectivity index (χ1) is 7.66. The number of imidazole rings is 1. The van der Waals surface area contributed by atoms with E-state index in [1.807, 2.05) is 24.7 Å². The number of hydrogen-bond acceptors (Lipinski definition) is 3. The molecular formula is C12H14N2O2. The van der Waals surface area contributed by atoms with E-state index in [2.05, 4.69) is 4.98 Å². The third-order valence-electron chi connectivity index (χ3n) is 2.51. The zero-order valence-corrected chi connectivity index (χ0v) is 9.43. The van der Waals surface area contributed by atoms with Crippen LogP contribution in [0.4, 0.5) is 0 Å². The minimum atomic E-state index is 0.0242. The van der Waals surface area contributed by atoms with Crippen molar-refractivity contribution in [2.24, 2.45) is 7.05 Å². The van der Waals surface area contributed by atoms with E-state index < -0.39 is 0 Å². The van der Waals surface area contributed by atoms with Crippen LogP contribution in [-0.2, 0) is 13.5 Å². The fraction of sp³-hybridized carbons (Fsp3) is 0.333. The molecule has 0 fully saturated rings. The molecule has 0 saturated heterocycles. The largest absolute Gasteiger partial charge is 0.458 e. The van der Waals surface area contributed by atoms with E-state index in [-0.39, 0.29) is 5.78 Å². The van der Waals surface area contributed by atoms with Gasteiger partial charge in [-0.15, -0.1) is 0 Å². The lowest BCUT2D eigenvalue weighted by atomic mass is 10.2. The second kappa shape index (κ2) is 4.35. The van der Waals surface area contributed by atoms with E-state index in [0.717, 1.165) is 11.6 Å². The molecule has 2 aromatic heterocycles. The summed E-state index contributed by atoms with van der Waals surface area (Å²) in [7, 11) is 1.92. The summed E-state index contributed by atoms with van der Waals surface area (Å²) >= 11 is 0. The zero-order chi connectivity index (χ0) is 11.5. The van der Waals surface area contributed by atoms with Crippen LogP contribution in [0, 0.1) is 6.92 Å². The molecule has 0 aliphatic heterocycles. The van der Waals surface area contributed by atoms with Crippen LogP contribution in [0.15, 0.2) is 28.9 Å². The highest BCUT2D eigenvalue weighted by molar-refractivity contribution is 5.93. The van der Waals surface area contributed by atoms with Crippen molar-refractivity contribution >= 4 is 5.78 Å². The van der Waals surface area contributed by atoms with Crippen molar-refractivity contribution < 1.29 is 9.21 Å². The predicted octanol–water partition coefficient (Wildman–Crippen LogP) is 2.14. The van der Waals surface area contributed by atoms with Gasteiger partial charge in [-0.05, 0) is 19.1 Å². The third-order valence-corrected chi connectivity index (χ3v) is 2.51. The van der Waals surface area contributed by atoms with Crippen LogP contribution < -0.4 is 0 Å². The zero-order valence-electron chi connectivity index (χ0n) is 9.43. The lowest BCUT2D eigenvalue weighted by Gasteiger charge is -1.99. The Balaban J connectivity index is 1.96. The number of aryl methyl sites for hydroxylation is 3. The van der Waals surface area contributed by atoms with Gasteiger partial charge in [-0.3, -0.25) is 4.79 Å². The van der Waals surface area contributed by atoms with Crippen molar-refractivity contribution in [3.63, 3.8) is 0 Å². The van der Waals surface area contributed by atoms with Crippen LogP contribution in [0.2, 0.25) is 0 Å². The average Bonchev–Trinajstić information content (AvgIpc) is 2.84. The molecule has 0 aliphatic rings. The van der Waals surface area contributed by atoms with E-state index in [1.165, 1.54) is 0 Å². The number of rotatable bonds is 4. The van der Waals surface area contributed by atoms with E-state index in [1.54, 1.807) is 18.3 Å². The molecule has 0 radical (unpaired) electrons. The fourth-order valence-corrected chi connectivity index (χ4v) is 1.57. The lowest BCUT2D eigenvalue weighted by molar-refractivity contribution is 0.0954. The first kappa shape index (κ1) is 10.7. The molecule has 4 heteroatoms. The highest BCUT2D eigenvalue weighted by Gasteiger charge is 2.11. The Kier molecular flexibility index (Phi) is 2.90. The summed E-state index contributed by atoms with van der Waals surface area (Å²) in [6.45, 7) is 1.83. The van der Waals surface area contributed by atoms with Crippen molar-refractivity contribution in [2.45, 2.75) is 19.8 Å². The quantitative estimate of drug-likeness (QED) is 0.739. The summed E-state index contributed by atoms with van der Waals surface area (Å²) in [5.74, 6) is 2.14. The maximum atomic E-state index is 11.7. The molecular weight excluding hydrogens is 204 g/mol. The van der Waals surface area contributed by atoms with E-state index >= 15 is 0 Å². The Morgan fingerprint density at radius 3 is 2.88 bits per heavy atom. The Labute approximate surface area is 93.9 Å². The highest BCUT2D eigenvalue weighted by Crippen LogP contribution is 2.10. The molecule has 2 rings (SSSR count). The number of ketones is 1. The number of carbonyl (C=O) groups is 1. The van der Waals surface area contributed by atoms with Crippen molar-refractivity contribution in [2.75, 3.05) is 0 Å². The minimum absolute atomic E-state index is 0.0242. The van der Waals surface area contributed by atoms with Crippen molar-refractivity contribution in [1.29, 1.82) is 0 Å². The van der Waals surface area contributed by atoms with Gasteiger partial charge >= 0.3 is 0 Å². The molecule has 0 spiro atoms. The lowest BCUT2D eigenvalue weighted by Crippen LogP contribution is -2.03. The van der Waals surface area contributed by atoms with Gasteiger partial charge in [0.2, 0.25) is 0 Å². The fourth-order valence-electron chi connectivity index (χ4n) is 1.57. The molecule has 16 heavy (non-hydrogen) atoms. The van der Waals surface area contributed by atoms with Gasteiger partial charge in [-0.2, -0.15) is 0 Å². The SMILES string of the molecule is Cc1ccc(C(=O)CCc2nccn2C)o1. The molecule has 0 saturated carbocycles. The summed E-state index contributed by atoms with van der Waals surface area (Å²) in [6.07, 6.45) is 4.67. The Morgan fingerprint density at radius 2 is 2.31 bits per heavy atom. The summed E-state index contributed by atoms with van der Waals surface area (Å²) in [5, 5.41) is 0. The normalized spacial score (nSPS) is 10.6. The molecule has 4 nitrogen and oxygen atoms in total. The van der Waals surface area contributed by atoms with E-state index in [4.69, 9.17) is 4.42 Å². The Hall–Kier alpha value is -1.84. The van der Waals surface area contributed by atoms with Crippen LogP contribution in [0.3, 0.4) is 0 Å². The number of nitrogens with zero attached hydrogens (tertiary/aromatic N) is 2. The number of furan rings is 1. The van der Waals surface area contributed by atoms with Crippen molar-refractivity contribution in [3.8, 4) is 0 Å². The van der Waals surface area contributed by atoms with Crippen molar-refractivity contribution in [3.05, 3.63) is 41.9 Å². The van der Waals surface area contributed by atoms with Gasteiger partial charge in [0.1, 0.15) is 11.6 Å². The molecule has 84 valence electrons. The molecule has 0 aromatic carbocycles. The predicted molar refractivity (Wildman–Crippen MR) is 59.3 cm³/mol. The molecule has 2 heterocycles. The van der Waals surface area contributed by atoms with Gasteiger partial charge in [0.15, 0.2) is 11.5 Å². The van der Waals surface area contributed by atoms with Crippen LogP contribution >= 0.6 is 0 Å². The standard InChI is InChI=1S/C12H14N2O2/c1-9-3-5-11(16-9)10(15)4-6-12-13-7-8-14(12)2/h3,5,7-8H,4,6H2,1-2H3. The van der Waals surface area contributed by atoms with E-state index in [9.17, 15) is 4.79 Å².